The molecule has 1 heterocycles. The van der Waals surface area contributed by atoms with Gasteiger partial charge < -0.3 is 4.74 Å². The molecule has 146 valence electrons. The zero-order chi connectivity index (χ0) is 19.4. The molecule has 0 N–H and O–H groups in total. The van der Waals surface area contributed by atoms with Crippen LogP contribution in [-0.2, 0) is 10.0 Å². The van der Waals surface area contributed by atoms with Gasteiger partial charge in [-0.1, -0.05) is 24.3 Å². The third-order valence-corrected chi connectivity index (χ3v) is 7.00. The van der Waals surface area contributed by atoms with Crippen molar-refractivity contribution in [3.8, 4) is 5.75 Å². The molecule has 1 saturated heterocycles. The Bertz CT molecular complexity index is 888. The van der Waals surface area contributed by atoms with E-state index in [1.165, 1.54) is 5.56 Å². The van der Waals surface area contributed by atoms with Gasteiger partial charge in [-0.25, -0.2) is 8.42 Å². The molecule has 0 radical (unpaired) electrons. The summed E-state index contributed by atoms with van der Waals surface area (Å²) in [7, 11) is -3.43. The zero-order valence-electron chi connectivity index (χ0n) is 16.3. The molecule has 0 bridgehead atoms. The number of benzene rings is 2. The van der Waals surface area contributed by atoms with Gasteiger partial charge in [0.25, 0.3) is 0 Å². The Hall–Kier alpha value is -1.89. The van der Waals surface area contributed by atoms with Crippen LogP contribution in [0.2, 0.25) is 0 Å². The zero-order valence-corrected chi connectivity index (χ0v) is 17.1. The summed E-state index contributed by atoms with van der Waals surface area (Å²) in [4.78, 5) is 2.68. The van der Waals surface area contributed by atoms with Crippen LogP contribution in [0.4, 0.5) is 0 Å². The molecule has 0 unspecified atom stereocenters. The van der Waals surface area contributed by atoms with Gasteiger partial charge in [0.2, 0.25) is 10.0 Å². The first-order chi connectivity index (χ1) is 12.9. The minimum absolute atomic E-state index is 0.429. The minimum Gasteiger partial charge on any atom is -0.492 e. The number of rotatable bonds is 6. The maximum absolute atomic E-state index is 13.0. The van der Waals surface area contributed by atoms with Crippen LogP contribution in [0.25, 0.3) is 0 Å². The van der Waals surface area contributed by atoms with E-state index in [-0.39, 0.29) is 0 Å². The molecule has 2 aromatic rings. The molecule has 1 fully saturated rings. The van der Waals surface area contributed by atoms with Gasteiger partial charge in [0.1, 0.15) is 12.4 Å². The highest BCUT2D eigenvalue weighted by Gasteiger charge is 2.29. The first-order valence-electron chi connectivity index (χ1n) is 9.35. The van der Waals surface area contributed by atoms with Gasteiger partial charge >= 0.3 is 0 Å². The lowest BCUT2D eigenvalue weighted by Gasteiger charge is -2.34. The third kappa shape index (κ3) is 4.89. The number of piperazine rings is 1. The van der Waals surface area contributed by atoms with Gasteiger partial charge in [-0.2, -0.15) is 4.31 Å². The molecule has 2 aromatic carbocycles. The fraction of sp³-hybridized carbons (Fsp3) is 0.429. The molecule has 0 saturated carbocycles. The highest BCUT2D eigenvalue weighted by Crippen LogP contribution is 2.22. The first-order valence-corrected chi connectivity index (χ1v) is 10.8. The molecule has 0 aliphatic carbocycles. The van der Waals surface area contributed by atoms with Gasteiger partial charge in [-0.3, -0.25) is 4.90 Å². The lowest BCUT2D eigenvalue weighted by molar-refractivity contribution is 0.159. The third-order valence-electron chi connectivity index (χ3n) is 4.96. The van der Waals surface area contributed by atoms with Gasteiger partial charge in [0.05, 0.1) is 4.90 Å². The molecule has 0 aromatic heterocycles. The number of sulfonamides is 1. The van der Waals surface area contributed by atoms with Crippen LogP contribution in [0, 0.1) is 20.8 Å². The highest BCUT2D eigenvalue weighted by atomic mass is 32.2. The van der Waals surface area contributed by atoms with Gasteiger partial charge in [0, 0.05) is 32.7 Å². The van der Waals surface area contributed by atoms with Gasteiger partial charge in [0.15, 0.2) is 0 Å². The van der Waals surface area contributed by atoms with Crippen molar-refractivity contribution in [1.29, 1.82) is 0 Å². The summed E-state index contributed by atoms with van der Waals surface area (Å²) in [5, 5.41) is 0. The molecule has 5 nitrogen and oxygen atoms in total. The van der Waals surface area contributed by atoms with E-state index >= 15 is 0 Å². The van der Waals surface area contributed by atoms with Crippen molar-refractivity contribution in [2.24, 2.45) is 0 Å². The van der Waals surface area contributed by atoms with Crippen LogP contribution in [0.5, 0.6) is 5.75 Å². The second kappa shape index (κ2) is 8.42. The number of nitrogens with zero attached hydrogens (tertiary/aromatic N) is 2. The largest absolute Gasteiger partial charge is 0.492 e. The Kier molecular flexibility index (Phi) is 6.19. The van der Waals surface area contributed by atoms with Gasteiger partial charge in [-0.05, 0) is 55.7 Å². The minimum atomic E-state index is -3.43. The summed E-state index contributed by atoms with van der Waals surface area (Å²) in [5.41, 5.74) is 2.94. The molecule has 27 heavy (non-hydrogen) atoms. The Morgan fingerprint density at radius 3 is 2.33 bits per heavy atom. The van der Waals surface area contributed by atoms with Crippen LogP contribution < -0.4 is 4.74 Å². The number of hydrogen-bond donors (Lipinski definition) is 0. The molecule has 3 rings (SSSR count). The second-order valence-electron chi connectivity index (χ2n) is 7.18. The fourth-order valence-corrected chi connectivity index (χ4v) is 5.05. The number of hydrogen-bond acceptors (Lipinski definition) is 4. The van der Waals surface area contributed by atoms with E-state index in [1.54, 1.807) is 10.4 Å². The summed E-state index contributed by atoms with van der Waals surface area (Å²) in [6, 6.07) is 13.6. The van der Waals surface area contributed by atoms with Crippen molar-refractivity contribution in [2.45, 2.75) is 25.7 Å². The van der Waals surface area contributed by atoms with Crippen molar-refractivity contribution < 1.29 is 13.2 Å². The Morgan fingerprint density at radius 2 is 1.63 bits per heavy atom. The predicted molar refractivity (Wildman–Crippen MR) is 108 cm³/mol. The lowest BCUT2D eigenvalue weighted by atomic mass is 10.2. The summed E-state index contributed by atoms with van der Waals surface area (Å²) in [6.07, 6.45) is 0. The molecule has 0 amide bonds. The Labute approximate surface area is 162 Å². The predicted octanol–water partition coefficient (Wildman–Crippen LogP) is 3.00. The van der Waals surface area contributed by atoms with E-state index in [1.807, 2.05) is 57.2 Å². The summed E-state index contributed by atoms with van der Waals surface area (Å²) in [5.74, 6) is 0.881. The van der Waals surface area contributed by atoms with E-state index in [0.29, 0.717) is 24.6 Å². The van der Waals surface area contributed by atoms with E-state index in [0.717, 1.165) is 36.5 Å². The number of aryl methyl sites for hydroxylation is 3. The van der Waals surface area contributed by atoms with E-state index < -0.39 is 10.0 Å². The molecule has 6 heteroatoms. The number of ether oxygens (including phenoxy) is 1. The second-order valence-corrected chi connectivity index (χ2v) is 9.09. The Morgan fingerprint density at radius 1 is 0.926 bits per heavy atom. The SMILES string of the molecule is Cc1cccc(OCCN2CCN(S(=O)(=O)c3cc(C)ccc3C)CC2)c1. The van der Waals surface area contributed by atoms with Crippen LogP contribution in [0.3, 0.4) is 0 Å². The van der Waals surface area contributed by atoms with Crippen molar-refractivity contribution >= 4 is 10.0 Å². The normalized spacial score (nSPS) is 16.4. The molecule has 1 aliphatic rings. The fourth-order valence-electron chi connectivity index (χ4n) is 3.32. The van der Waals surface area contributed by atoms with Crippen molar-refractivity contribution in [3.05, 3.63) is 59.2 Å². The van der Waals surface area contributed by atoms with E-state index in [2.05, 4.69) is 4.90 Å². The average Bonchev–Trinajstić information content (AvgIpc) is 2.64. The summed E-state index contributed by atoms with van der Waals surface area (Å²) >= 11 is 0. The quantitative estimate of drug-likeness (QED) is 0.763. The van der Waals surface area contributed by atoms with Crippen LogP contribution in [0.15, 0.2) is 47.4 Å². The summed E-state index contributed by atoms with van der Waals surface area (Å²) < 4.78 is 33.4. The average molecular weight is 389 g/mol. The molecular weight excluding hydrogens is 360 g/mol. The van der Waals surface area contributed by atoms with Crippen LogP contribution in [-0.4, -0.2) is 57.0 Å². The highest BCUT2D eigenvalue weighted by molar-refractivity contribution is 7.89. The van der Waals surface area contributed by atoms with Crippen molar-refractivity contribution in [2.75, 3.05) is 39.3 Å². The van der Waals surface area contributed by atoms with Crippen LogP contribution in [0.1, 0.15) is 16.7 Å². The standard InChI is InChI=1S/C21H28N2O3S/c1-17-5-4-6-20(15-17)26-14-13-22-9-11-23(12-10-22)27(24,25)21-16-18(2)7-8-19(21)3/h4-8,15-16H,9-14H2,1-3H3. The summed E-state index contributed by atoms with van der Waals surface area (Å²) in [6.45, 7) is 9.69. The smallest absolute Gasteiger partial charge is 0.243 e. The molecule has 0 spiro atoms. The molecular formula is C21H28N2O3S. The van der Waals surface area contributed by atoms with E-state index in [4.69, 9.17) is 4.74 Å². The molecule has 1 aliphatic heterocycles. The Balaban J connectivity index is 1.53. The lowest BCUT2D eigenvalue weighted by Crippen LogP contribution is -2.49. The molecule has 0 atom stereocenters. The topological polar surface area (TPSA) is 49.9 Å². The van der Waals surface area contributed by atoms with Crippen LogP contribution >= 0.6 is 0 Å². The van der Waals surface area contributed by atoms with E-state index in [9.17, 15) is 8.42 Å². The van der Waals surface area contributed by atoms with Crippen molar-refractivity contribution in [3.63, 3.8) is 0 Å². The first kappa shape index (κ1) is 19.9. The maximum Gasteiger partial charge on any atom is 0.243 e. The van der Waals surface area contributed by atoms with Gasteiger partial charge in [-0.15, -0.1) is 0 Å². The monoisotopic (exact) mass is 388 g/mol. The maximum atomic E-state index is 13.0. The van der Waals surface area contributed by atoms with Crippen molar-refractivity contribution in [1.82, 2.24) is 9.21 Å².